The molecule has 2 aliphatic heterocycles. The number of morpholine rings is 1. The van der Waals surface area contributed by atoms with E-state index < -0.39 is 0 Å². The highest BCUT2D eigenvalue weighted by Crippen LogP contribution is 2.35. The van der Waals surface area contributed by atoms with Crippen molar-refractivity contribution in [2.24, 2.45) is 0 Å². The first kappa shape index (κ1) is 14.3. The van der Waals surface area contributed by atoms with E-state index in [-0.39, 0.29) is 18.1 Å². The highest BCUT2D eigenvalue weighted by Gasteiger charge is 2.33. The fraction of sp³-hybridized carbons (Fsp3) is 0.167. The molecule has 2 aromatic carbocycles. The monoisotopic (exact) mass is 326 g/mol. The number of halogens is 1. The number of benzene rings is 2. The molecular formula is C18H15ClN2O2. The van der Waals surface area contributed by atoms with Crippen LogP contribution in [0.15, 0.2) is 60.3 Å². The van der Waals surface area contributed by atoms with E-state index in [1.165, 1.54) is 0 Å². The minimum absolute atomic E-state index is 0.0187. The zero-order chi connectivity index (χ0) is 15.8. The summed E-state index contributed by atoms with van der Waals surface area (Å²) in [6.45, 7) is 0.862. The maximum absolute atomic E-state index is 12.2. The highest BCUT2D eigenvalue weighted by molar-refractivity contribution is 6.30. The van der Waals surface area contributed by atoms with Crippen molar-refractivity contribution in [1.29, 1.82) is 0 Å². The van der Waals surface area contributed by atoms with Gasteiger partial charge in [-0.2, -0.15) is 0 Å². The third-order valence-corrected chi connectivity index (χ3v) is 4.30. The van der Waals surface area contributed by atoms with Crippen LogP contribution in [0.25, 0.3) is 0 Å². The molecule has 0 aliphatic carbocycles. The zero-order valence-corrected chi connectivity index (χ0v) is 13.0. The van der Waals surface area contributed by atoms with Gasteiger partial charge in [-0.05, 0) is 48.0 Å². The summed E-state index contributed by atoms with van der Waals surface area (Å²) in [4.78, 5) is 12.2. The Hall–Kier alpha value is -2.30. The molecule has 0 saturated heterocycles. The average molecular weight is 327 g/mol. The van der Waals surface area contributed by atoms with Gasteiger partial charge in [0.2, 0.25) is 0 Å². The predicted molar refractivity (Wildman–Crippen MR) is 89.5 cm³/mol. The van der Waals surface area contributed by atoms with E-state index >= 15 is 0 Å². The second-order valence-corrected chi connectivity index (χ2v) is 6.08. The number of hydrogen-bond acceptors (Lipinski definition) is 3. The van der Waals surface area contributed by atoms with Crippen LogP contribution in [0.4, 0.5) is 5.69 Å². The highest BCUT2D eigenvalue weighted by atomic mass is 35.5. The van der Waals surface area contributed by atoms with Crippen LogP contribution in [0.1, 0.15) is 22.0 Å². The molecule has 2 aromatic rings. The molecule has 2 heterocycles. The van der Waals surface area contributed by atoms with Crippen molar-refractivity contribution in [1.82, 2.24) is 5.32 Å². The lowest BCUT2D eigenvalue weighted by Crippen LogP contribution is -2.28. The van der Waals surface area contributed by atoms with Crippen LogP contribution in [0.5, 0.6) is 0 Å². The Bertz CT molecular complexity index is 769. The molecule has 0 fully saturated rings. The number of carbonyl (C=O) groups excluding carboxylic acids is 1. The van der Waals surface area contributed by atoms with Crippen LogP contribution in [0.3, 0.4) is 0 Å². The number of fused-ring (bicyclic) bond motifs is 1. The number of amides is 1. The lowest BCUT2D eigenvalue weighted by Gasteiger charge is -2.23. The Morgan fingerprint density at radius 1 is 1.13 bits per heavy atom. The molecule has 0 radical (unpaired) electrons. The third-order valence-electron chi connectivity index (χ3n) is 4.04. The number of carbonyl (C=O) groups is 1. The van der Waals surface area contributed by atoms with Crippen molar-refractivity contribution in [3.8, 4) is 0 Å². The number of hydrogen-bond donors (Lipinski definition) is 2. The van der Waals surface area contributed by atoms with E-state index in [9.17, 15) is 4.79 Å². The first-order valence-corrected chi connectivity index (χ1v) is 7.85. The van der Waals surface area contributed by atoms with Crippen molar-refractivity contribution < 1.29 is 9.53 Å². The molecule has 4 nitrogen and oxygen atoms in total. The van der Waals surface area contributed by atoms with E-state index in [0.717, 1.165) is 23.5 Å². The first-order valence-electron chi connectivity index (χ1n) is 7.47. The molecular weight excluding hydrogens is 312 g/mol. The minimum atomic E-state index is -0.157. The normalized spacial score (nSPS) is 21.7. The SMILES string of the molecule is O=C(Nc1ccc([C@H]2O[C@H]3C=C2NC3)cc1)c1ccc(Cl)cc1. The maximum Gasteiger partial charge on any atom is 0.255 e. The van der Waals surface area contributed by atoms with Crippen LogP contribution in [-0.2, 0) is 4.74 Å². The van der Waals surface area contributed by atoms with Gasteiger partial charge in [0.25, 0.3) is 5.91 Å². The Morgan fingerprint density at radius 3 is 2.48 bits per heavy atom. The molecule has 0 aromatic heterocycles. The van der Waals surface area contributed by atoms with Crippen molar-refractivity contribution >= 4 is 23.2 Å². The van der Waals surface area contributed by atoms with Gasteiger partial charge in [0.05, 0.1) is 6.10 Å². The smallest absolute Gasteiger partial charge is 0.255 e. The molecule has 4 rings (SSSR count). The first-order chi connectivity index (χ1) is 11.2. The summed E-state index contributed by atoms with van der Waals surface area (Å²) in [7, 11) is 0. The van der Waals surface area contributed by atoms with E-state index in [2.05, 4.69) is 16.7 Å². The lowest BCUT2D eigenvalue weighted by atomic mass is 10.1. The lowest BCUT2D eigenvalue weighted by molar-refractivity contribution is 0.0367. The van der Waals surface area contributed by atoms with Crippen LogP contribution in [0, 0.1) is 0 Å². The number of nitrogens with one attached hydrogen (secondary N) is 2. The van der Waals surface area contributed by atoms with Gasteiger partial charge in [-0.1, -0.05) is 23.7 Å². The van der Waals surface area contributed by atoms with Gasteiger partial charge in [0.1, 0.15) is 6.10 Å². The fourth-order valence-electron chi connectivity index (χ4n) is 2.86. The van der Waals surface area contributed by atoms with Crippen LogP contribution in [0.2, 0.25) is 5.02 Å². The average Bonchev–Trinajstić information content (AvgIpc) is 3.19. The summed E-state index contributed by atoms with van der Waals surface area (Å²) < 4.78 is 5.89. The van der Waals surface area contributed by atoms with Gasteiger partial charge in [-0.15, -0.1) is 0 Å². The van der Waals surface area contributed by atoms with Crippen molar-refractivity contribution in [3.05, 3.63) is 76.5 Å². The van der Waals surface area contributed by atoms with Gasteiger partial charge < -0.3 is 15.4 Å². The molecule has 2 aliphatic rings. The number of ether oxygens (including phenoxy) is 1. The van der Waals surface area contributed by atoms with Gasteiger partial charge in [0.15, 0.2) is 0 Å². The topological polar surface area (TPSA) is 50.4 Å². The zero-order valence-electron chi connectivity index (χ0n) is 12.3. The molecule has 2 bridgehead atoms. The predicted octanol–water partition coefficient (Wildman–Crippen LogP) is 3.52. The summed E-state index contributed by atoms with van der Waals surface area (Å²) in [5.74, 6) is -0.157. The molecule has 23 heavy (non-hydrogen) atoms. The van der Waals surface area contributed by atoms with Crippen LogP contribution in [-0.4, -0.2) is 18.6 Å². The van der Waals surface area contributed by atoms with Gasteiger partial charge in [-0.25, -0.2) is 0 Å². The molecule has 0 saturated carbocycles. The Balaban J connectivity index is 1.45. The molecule has 1 amide bonds. The summed E-state index contributed by atoms with van der Waals surface area (Å²) in [5, 5.41) is 6.82. The molecule has 0 unspecified atom stereocenters. The molecule has 116 valence electrons. The summed E-state index contributed by atoms with van der Waals surface area (Å²) in [6.07, 6.45) is 2.29. The second kappa shape index (κ2) is 5.72. The van der Waals surface area contributed by atoms with Gasteiger partial charge >= 0.3 is 0 Å². The van der Waals surface area contributed by atoms with E-state index in [4.69, 9.17) is 16.3 Å². The van der Waals surface area contributed by atoms with E-state index in [0.29, 0.717) is 10.6 Å². The van der Waals surface area contributed by atoms with Crippen LogP contribution >= 0.6 is 11.6 Å². The van der Waals surface area contributed by atoms with Crippen LogP contribution < -0.4 is 10.6 Å². The summed E-state index contributed by atoms with van der Waals surface area (Å²) in [6, 6.07) is 14.5. The Labute approximate surface area is 139 Å². The second-order valence-electron chi connectivity index (χ2n) is 5.64. The standard InChI is InChI=1S/C18H15ClN2O2/c19-13-5-1-12(2-6-13)18(22)21-14-7-3-11(4-8-14)17-16-9-15(23-17)10-20-16/h1-9,15,17,20H,10H2,(H,21,22)/t15-,17+/m0/s1. The Kier molecular flexibility index (Phi) is 3.56. The largest absolute Gasteiger partial charge is 0.383 e. The quantitative estimate of drug-likeness (QED) is 0.907. The minimum Gasteiger partial charge on any atom is -0.383 e. The fourth-order valence-corrected chi connectivity index (χ4v) is 2.98. The van der Waals surface area contributed by atoms with Gasteiger partial charge in [-0.3, -0.25) is 4.79 Å². The summed E-state index contributed by atoms with van der Waals surface area (Å²) in [5.41, 5.74) is 3.53. The van der Waals surface area contributed by atoms with Crippen molar-refractivity contribution in [2.75, 3.05) is 11.9 Å². The van der Waals surface area contributed by atoms with E-state index in [1.54, 1.807) is 24.3 Å². The van der Waals surface area contributed by atoms with E-state index in [1.807, 2.05) is 24.3 Å². The molecule has 0 spiro atoms. The van der Waals surface area contributed by atoms with Gasteiger partial charge in [0, 0.05) is 28.5 Å². The van der Waals surface area contributed by atoms with Crippen molar-refractivity contribution in [3.63, 3.8) is 0 Å². The third kappa shape index (κ3) is 2.83. The molecule has 5 heteroatoms. The number of anilines is 1. The van der Waals surface area contributed by atoms with Crippen molar-refractivity contribution in [2.45, 2.75) is 12.2 Å². The molecule has 2 atom stereocenters. The number of rotatable bonds is 3. The maximum atomic E-state index is 12.2. The Morgan fingerprint density at radius 2 is 1.87 bits per heavy atom. The molecule has 2 N–H and O–H groups in total. The summed E-state index contributed by atoms with van der Waals surface area (Å²) >= 11 is 5.83.